The Kier molecular flexibility index (Phi) is 7.26. The summed E-state index contributed by atoms with van der Waals surface area (Å²) in [5, 5.41) is 6.72. The summed E-state index contributed by atoms with van der Waals surface area (Å²) in [6.07, 6.45) is -1.89. The largest absolute Gasteiger partial charge is 0.416 e. The number of Topliss-reactive ketones (excluding diaryl/α,β-unsaturated/α-hetero) is 1. The summed E-state index contributed by atoms with van der Waals surface area (Å²) in [6.45, 7) is 3.35. The van der Waals surface area contributed by atoms with Crippen LogP contribution in [0.1, 0.15) is 48.2 Å². The van der Waals surface area contributed by atoms with E-state index in [4.69, 9.17) is 0 Å². The highest BCUT2D eigenvalue weighted by molar-refractivity contribution is 7.92. The van der Waals surface area contributed by atoms with Gasteiger partial charge >= 0.3 is 6.18 Å². The van der Waals surface area contributed by atoms with Gasteiger partial charge in [-0.15, -0.1) is 0 Å². The first kappa shape index (κ1) is 24.5. The molecular formula is C23H24F3N3O3S. The Morgan fingerprint density at radius 3 is 2.21 bits per heavy atom. The number of alkyl halides is 3. The summed E-state index contributed by atoms with van der Waals surface area (Å²) < 4.78 is 65.5. The molecule has 1 heterocycles. The molecule has 0 saturated carbocycles. The summed E-state index contributed by atoms with van der Waals surface area (Å²) in [5.41, 5.74) is 1.48. The van der Waals surface area contributed by atoms with Gasteiger partial charge in [0.2, 0.25) is 10.0 Å². The number of hydrogen-bond acceptors (Lipinski definition) is 4. The van der Waals surface area contributed by atoms with Gasteiger partial charge in [0.05, 0.1) is 35.4 Å². The second-order valence-electron chi connectivity index (χ2n) is 7.47. The number of aromatic amines is 1. The number of carbonyl (C=O) groups is 1. The van der Waals surface area contributed by atoms with E-state index in [-0.39, 0.29) is 18.1 Å². The van der Waals surface area contributed by atoms with Crippen LogP contribution in [-0.4, -0.2) is 30.2 Å². The molecule has 1 N–H and O–H groups in total. The second kappa shape index (κ2) is 9.78. The van der Waals surface area contributed by atoms with E-state index >= 15 is 0 Å². The van der Waals surface area contributed by atoms with Gasteiger partial charge in [0.25, 0.3) is 0 Å². The minimum atomic E-state index is -4.45. The molecule has 0 saturated heterocycles. The van der Waals surface area contributed by atoms with Gasteiger partial charge in [0.1, 0.15) is 0 Å². The van der Waals surface area contributed by atoms with Crippen molar-refractivity contribution < 1.29 is 26.4 Å². The topological polar surface area (TPSA) is 83.1 Å². The van der Waals surface area contributed by atoms with E-state index in [1.54, 1.807) is 24.3 Å². The highest BCUT2D eigenvalue weighted by Crippen LogP contribution is 2.32. The van der Waals surface area contributed by atoms with Crippen molar-refractivity contribution in [3.8, 4) is 11.3 Å². The lowest BCUT2D eigenvalue weighted by Crippen LogP contribution is -2.32. The molecule has 0 amide bonds. The van der Waals surface area contributed by atoms with Crippen molar-refractivity contribution in [3.63, 3.8) is 0 Å². The maximum absolute atomic E-state index is 12.9. The van der Waals surface area contributed by atoms with E-state index in [0.29, 0.717) is 40.9 Å². The highest BCUT2D eigenvalue weighted by Gasteiger charge is 2.30. The molecule has 3 aromatic rings. The average molecular weight is 480 g/mol. The third-order valence-electron chi connectivity index (χ3n) is 5.19. The number of nitrogens with zero attached hydrogens (tertiary/aromatic N) is 2. The predicted octanol–water partition coefficient (Wildman–Crippen LogP) is 5.43. The van der Waals surface area contributed by atoms with Crippen LogP contribution in [0.25, 0.3) is 11.3 Å². The zero-order valence-electron chi connectivity index (χ0n) is 18.2. The minimum Gasteiger partial charge on any atom is -0.294 e. The van der Waals surface area contributed by atoms with Crippen molar-refractivity contribution in [2.45, 2.75) is 39.4 Å². The minimum absolute atomic E-state index is 0.0200. The molecule has 3 rings (SSSR count). The maximum atomic E-state index is 12.9. The van der Waals surface area contributed by atoms with Crippen molar-refractivity contribution in [2.24, 2.45) is 0 Å². The molecule has 176 valence electrons. The van der Waals surface area contributed by atoms with Crippen LogP contribution < -0.4 is 4.31 Å². The number of hydrogen-bond donors (Lipinski definition) is 1. The normalized spacial score (nSPS) is 12.0. The van der Waals surface area contributed by atoms with Gasteiger partial charge in [-0.3, -0.25) is 14.2 Å². The number of carbonyl (C=O) groups excluding carboxylic acids is 1. The zero-order valence-corrected chi connectivity index (χ0v) is 19.0. The third kappa shape index (κ3) is 5.62. The molecule has 0 radical (unpaired) electrons. The van der Waals surface area contributed by atoms with E-state index in [0.717, 1.165) is 12.1 Å². The van der Waals surface area contributed by atoms with E-state index in [2.05, 4.69) is 10.2 Å². The lowest BCUT2D eigenvalue weighted by Gasteiger charge is -2.24. The Hall–Kier alpha value is -3.14. The standard InChI is InChI=1S/C23H24F3N3O3S/c1-3-5-21(30)16-8-12-20(13-9-16)29(33(31,32)4-2)15-18-14-27-28-22(18)17-6-10-19(11-7-17)23(24,25)26/h6-14H,3-5,15H2,1-2H3,(H,27,28). The van der Waals surface area contributed by atoms with Crippen molar-refractivity contribution in [1.29, 1.82) is 0 Å². The van der Waals surface area contributed by atoms with Gasteiger partial charge in [-0.1, -0.05) is 19.1 Å². The predicted molar refractivity (Wildman–Crippen MR) is 120 cm³/mol. The molecule has 0 aliphatic carbocycles. The molecule has 0 fully saturated rings. The van der Waals surface area contributed by atoms with Gasteiger partial charge < -0.3 is 0 Å². The van der Waals surface area contributed by atoms with Gasteiger partial charge in [-0.25, -0.2) is 8.42 Å². The van der Waals surface area contributed by atoms with Crippen LogP contribution in [0.3, 0.4) is 0 Å². The molecule has 1 aromatic heterocycles. The number of H-pyrrole nitrogens is 1. The smallest absolute Gasteiger partial charge is 0.294 e. The van der Waals surface area contributed by atoms with Crippen molar-refractivity contribution in [3.05, 3.63) is 71.4 Å². The molecule has 0 unspecified atom stereocenters. The van der Waals surface area contributed by atoms with E-state index in [9.17, 15) is 26.4 Å². The Labute approximate surface area is 190 Å². The summed E-state index contributed by atoms with van der Waals surface area (Å²) in [7, 11) is -3.70. The monoisotopic (exact) mass is 479 g/mol. The first-order chi connectivity index (χ1) is 15.6. The molecule has 0 spiro atoms. The first-order valence-electron chi connectivity index (χ1n) is 10.4. The van der Waals surface area contributed by atoms with Gasteiger partial charge in [0.15, 0.2) is 5.78 Å². The zero-order chi connectivity index (χ0) is 24.2. The van der Waals surface area contributed by atoms with E-state index in [1.165, 1.54) is 29.6 Å². The quantitative estimate of drug-likeness (QED) is 0.415. The fraction of sp³-hybridized carbons (Fsp3) is 0.304. The SMILES string of the molecule is CCCC(=O)c1ccc(N(Cc2cn[nH]c2-c2ccc(C(F)(F)F)cc2)S(=O)(=O)CC)cc1. The Balaban J connectivity index is 1.93. The fourth-order valence-electron chi connectivity index (χ4n) is 3.35. The van der Waals surface area contributed by atoms with Crippen LogP contribution in [0.4, 0.5) is 18.9 Å². The number of aromatic nitrogens is 2. The van der Waals surface area contributed by atoms with Crippen molar-refractivity contribution in [1.82, 2.24) is 10.2 Å². The first-order valence-corrected chi connectivity index (χ1v) is 12.0. The lowest BCUT2D eigenvalue weighted by atomic mass is 10.1. The molecule has 33 heavy (non-hydrogen) atoms. The van der Waals surface area contributed by atoms with Gasteiger partial charge in [-0.05, 0) is 55.3 Å². The van der Waals surface area contributed by atoms with Crippen LogP contribution in [0.5, 0.6) is 0 Å². The summed E-state index contributed by atoms with van der Waals surface area (Å²) >= 11 is 0. The average Bonchev–Trinajstić information content (AvgIpc) is 3.25. The van der Waals surface area contributed by atoms with Crippen LogP contribution in [0.2, 0.25) is 0 Å². The number of ketones is 1. The Morgan fingerprint density at radius 1 is 1.03 bits per heavy atom. The molecule has 0 aliphatic rings. The van der Waals surface area contributed by atoms with E-state index < -0.39 is 21.8 Å². The lowest BCUT2D eigenvalue weighted by molar-refractivity contribution is -0.137. The van der Waals surface area contributed by atoms with Crippen LogP contribution in [0.15, 0.2) is 54.7 Å². The molecular weight excluding hydrogens is 455 g/mol. The summed E-state index contributed by atoms with van der Waals surface area (Å²) in [6, 6.07) is 10.9. The van der Waals surface area contributed by atoms with Gasteiger partial charge in [0, 0.05) is 17.5 Å². The van der Waals surface area contributed by atoms with Crippen LogP contribution in [-0.2, 0) is 22.7 Å². The van der Waals surface area contributed by atoms with Crippen molar-refractivity contribution in [2.75, 3.05) is 10.1 Å². The number of halogens is 3. The Morgan fingerprint density at radius 2 is 1.67 bits per heavy atom. The fourth-order valence-corrected chi connectivity index (χ4v) is 4.44. The van der Waals surface area contributed by atoms with Crippen LogP contribution in [0, 0.1) is 0 Å². The van der Waals surface area contributed by atoms with Gasteiger partial charge in [-0.2, -0.15) is 18.3 Å². The molecule has 0 aliphatic heterocycles. The maximum Gasteiger partial charge on any atom is 0.416 e. The number of anilines is 1. The molecule has 6 nitrogen and oxygen atoms in total. The number of sulfonamides is 1. The summed E-state index contributed by atoms with van der Waals surface area (Å²) in [4.78, 5) is 12.1. The number of rotatable bonds is 9. The van der Waals surface area contributed by atoms with Crippen LogP contribution >= 0.6 is 0 Å². The second-order valence-corrected chi connectivity index (χ2v) is 9.65. The Bertz CT molecular complexity index is 1200. The number of nitrogens with one attached hydrogen (secondary N) is 1. The third-order valence-corrected chi connectivity index (χ3v) is 6.93. The molecule has 0 bridgehead atoms. The van der Waals surface area contributed by atoms with E-state index in [1.807, 2.05) is 6.92 Å². The molecule has 2 aromatic carbocycles. The summed E-state index contributed by atoms with van der Waals surface area (Å²) in [5.74, 6) is -0.176. The molecule has 0 atom stereocenters. The van der Waals surface area contributed by atoms with Crippen molar-refractivity contribution >= 4 is 21.5 Å². The highest BCUT2D eigenvalue weighted by atomic mass is 32.2. The number of benzene rings is 2. The molecule has 10 heteroatoms.